The Morgan fingerprint density at radius 3 is 2.75 bits per heavy atom. The first-order valence-electron chi connectivity index (χ1n) is 9.89. The number of H-pyrrole nitrogens is 1. The zero-order chi connectivity index (χ0) is 18.9. The van der Waals surface area contributed by atoms with Crippen LogP contribution in [0.3, 0.4) is 0 Å². The number of ether oxygens (including phenoxy) is 1. The molecule has 4 nitrogen and oxygen atoms in total. The molecule has 28 heavy (non-hydrogen) atoms. The van der Waals surface area contributed by atoms with Crippen LogP contribution in [0.5, 0.6) is 5.75 Å². The molecule has 2 aromatic carbocycles. The molecule has 0 bridgehead atoms. The van der Waals surface area contributed by atoms with Gasteiger partial charge in [0.2, 0.25) is 0 Å². The van der Waals surface area contributed by atoms with Crippen LogP contribution in [0, 0.1) is 5.92 Å². The first-order chi connectivity index (χ1) is 13.7. The molecule has 1 aliphatic rings. The van der Waals surface area contributed by atoms with Crippen LogP contribution < -0.4 is 4.74 Å². The number of hydrogen-bond donors (Lipinski definition) is 1. The van der Waals surface area contributed by atoms with Gasteiger partial charge in [0.1, 0.15) is 11.6 Å². The monoisotopic (exact) mass is 391 g/mol. The van der Waals surface area contributed by atoms with Gasteiger partial charge in [0.15, 0.2) is 0 Å². The van der Waals surface area contributed by atoms with Gasteiger partial charge in [-0.25, -0.2) is 4.98 Å². The molecule has 0 aliphatic heterocycles. The molecular weight excluding hydrogens is 370 g/mol. The number of imidazole rings is 1. The van der Waals surface area contributed by atoms with E-state index in [9.17, 15) is 0 Å². The summed E-state index contributed by atoms with van der Waals surface area (Å²) in [6, 6.07) is 15.9. The molecule has 1 saturated carbocycles. The number of fused-ring (bicyclic) bond motifs is 2. The summed E-state index contributed by atoms with van der Waals surface area (Å²) in [5.74, 6) is 2.65. The number of halogens is 1. The summed E-state index contributed by atoms with van der Waals surface area (Å²) in [6.07, 6.45) is 7.56. The maximum Gasteiger partial charge on any atom is 0.130 e. The van der Waals surface area contributed by atoms with E-state index in [2.05, 4.69) is 16.0 Å². The highest BCUT2D eigenvalue weighted by Crippen LogP contribution is 2.32. The van der Waals surface area contributed by atoms with E-state index >= 15 is 0 Å². The average Bonchev–Trinajstić information content (AvgIpc) is 3.11. The maximum atomic E-state index is 6.35. The van der Waals surface area contributed by atoms with Crippen LogP contribution in [-0.2, 0) is 6.42 Å². The minimum atomic E-state index is 0.275. The fourth-order valence-corrected chi connectivity index (χ4v) is 4.38. The number of pyridine rings is 1. The highest BCUT2D eigenvalue weighted by Gasteiger charge is 2.24. The van der Waals surface area contributed by atoms with Crippen LogP contribution in [0.25, 0.3) is 21.9 Å². The lowest BCUT2D eigenvalue weighted by Crippen LogP contribution is -2.25. The van der Waals surface area contributed by atoms with E-state index in [1.165, 1.54) is 0 Å². The van der Waals surface area contributed by atoms with E-state index in [0.29, 0.717) is 5.92 Å². The summed E-state index contributed by atoms with van der Waals surface area (Å²) in [5.41, 5.74) is 2.99. The minimum Gasteiger partial charge on any atom is -0.490 e. The van der Waals surface area contributed by atoms with Gasteiger partial charge in [-0.05, 0) is 68.0 Å². The van der Waals surface area contributed by atoms with E-state index in [4.69, 9.17) is 21.3 Å². The molecule has 5 heteroatoms. The van der Waals surface area contributed by atoms with E-state index < -0.39 is 0 Å². The van der Waals surface area contributed by atoms with Gasteiger partial charge >= 0.3 is 0 Å². The Morgan fingerprint density at radius 1 is 1.00 bits per heavy atom. The normalized spacial score (nSPS) is 19.9. The molecule has 5 rings (SSSR count). The predicted octanol–water partition coefficient (Wildman–Crippen LogP) is 5.94. The summed E-state index contributed by atoms with van der Waals surface area (Å²) in [6.45, 7) is 0. The Bertz CT molecular complexity index is 1110. The van der Waals surface area contributed by atoms with Crippen molar-refractivity contribution in [3.8, 4) is 5.75 Å². The van der Waals surface area contributed by atoms with Gasteiger partial charge in [0, 0.05) is 23.0 Å². The average molecular weight is 392 g/mol. The molecule has 4 aromatic rings. The number of nitrogens with zero attached hydrogens (tertiary/aromatic N) is 2. The van der Waals surface area contributed by atoms with Crippen LogP contribution in [0.1, 0.15) is 31.5 Å². The van der Waals surface area contributed by atoms with E-state index in [1.54, 1.807) is 0 Å². The van der Waals surface area contributed by atoms with E-state index in [-0.39, 0.29) is 6.10 Å². The molecule has 0 unspecified atom stereocenters. The van der Waals surface area contributed by atoms with Crippen molar-refractivity contribution in [2.45, 2.75) is 38.2 Å². The molecule has 1 fully saturated rings. The van der Waals surface area contributed by atoms with Gasteiger partial charge in [-0.2, -0.15) is 0 Å². The van der Waals surface area contributed by atoms with Gasteiger partial charge in [-0.3, -0.25) is 4.98 Å². The van der Waals surface area contributed by atoms with Gasteiger partial charge in [-0.1, -0.05) is 23.7 Å². The Morgan fingerprint density at radius 2 is 1.86 bits per heavy atom. The zero-order valence-corrected chi connectivity index (χ0v) is 16.3. The Labute approximate surface area is 168 Å². The third-order valence-electron chi connectivity index (χ3n) is 5.67. The number of benzene rings is 2. The highest BCUT2D eigenvalue weighted by molar-refractivity contribution is 6.31. The van der Waals surface area contributed by atoms with Crippen LogP contribution >= 0.6 is 11.6 Å². The number of para-hydroxylation sites is 1. The SMILES string of the molecule is Clc1ccc2nc(CC3CCC(Oc4ccnc5ccccc45)CC3)[nH]c2c1. The van der Waals surface area contributed by atoms with Crippen molar-refractivity contribution in [2.75, 3.05) is 0 Å². The maximum absolute atomic E-state index is 6.35. The van der Waals surface area contributed by atoms with Crippen molar-refractivity contribution >= 4 is 33.5 Å². The van der Waals surface area contributed by atoms with E-state index in [0.717, 1.165) is 70.6 Å². The number of aromatic nitrogens is 3. The fourth-order valence-electron chi connectivity index (χ4n) is 4.21. The quantitative estimate of drug-likeness (QED) is 0.468. The third-order valence-corrected chi connectivity index (χ3v) is 5.91. The largest absolute Gasteiger partial charge is 0.490 e. The van der Waals surface area contributed by atoms with Crippen LogP contribution in [0.2, 0.25) is 5.02 Å². The van der Waals surface area contributed by atoms with Gasteiger partial charge in [0.05, 0.1) is 22.7 Å². The molecule has 0 saturated heterocycles. The zero-order valence-electron chi connectivity index (χ0n) is 15.6. The topological polar surface area (TPSA) is 50.8 Å². The molecule has 2 aromatic heterocycles. The summed E-state index contributed by atoms with van der Waals surface area (Å²) in [4.78, 5) is 12.6. The third kappa shape index (κ3) is 3.57. The standard InChI is InChI=1S/C23H22ClN3O/c24-16-7-10-20-21(14-16)27-23(26-20)13-15-5-8-17(9-6-15)28-22-11-12-25-19-4-2-1-3-18(19)22/h1-4,7,10-12,14-15,17H,5-6,8-9,13H2,(H,26,27). The lowest BCUT2D eigenvalue weighted by Gasteiger charge is -2.29. The highest BCUT2D eigenvalue weighted by atomic mass is 35.5. The molecule has 0 atom stereocenters. The van der Waals surface area contributed by atoms with Crippen molar-refractivity contribution in [2.24, 2.45) is 5.92 Å². The number of hydrogen-bond acceptors (Lipinski definition) is 3. The van der Waals surface area contributed by atoms with Crippen molar-refractivity contribution in [3.05, 3.63) is 65.6 Å². The Kier molecular flexibility index (Phi) is 4.65. The second-order valence-corrected chi connectivity index (χ2v) is 8.07. The smallest absolute Gasteiger partial charge is 0.130 e. The molecule has 1 aliphatic carbocycles. The van der Waals surface area contributed by atoms with Crippen molar-refractivity contribution in [3.63, 3.8) is 0 Å². The van der Waals surface area contributed by atoms with Crippen molar-refractivity contribution in [1.29, 1.82) is 0 Å². The number of rotatable bonds is 4. The van der Waals surface area contributed by atoms with Crippen LogP contribution in [0.15, 0.2) is 54.7 Å². The Hall–Kier alpha value is -2.59. The summed E-state index contributed by atoms with van der Waals surface area (Å²) >= 11 is 6.07. The summed E-state index contributed by atoms with van der Waals surface area (Å²) in [5, 5.41) is 1.83. The molecule has 2 heterocycles. The van der Waals surface area contributed by atoms with Crippen LogP contribution in [-0.4, -0.2) is 21.1 Å². The second kappa shape index (κ2) is 7.44. The molecule has 0 radical (unpaired) electrons. The Balaban J connectivity index is 1.22. The van der Waals surface area contributed by atoms with Gasteiger partial charge in [-0.15, -0.1) is 0 Å². The van der Waals surface area contributed by atoms with Gasteiger partial charge in [0.25, 0.3) is 0 Å². The van der Waals surface area contributed by atoms with Crippen LogP contribution in [0.4, 0.5) is 0 Å². The fraction of sp³-hybridized carbons (Fsp3) is 0.304. The molecular formula is C23H22ClN3O. The van der Waals surface area contributed by atoms with Crippen molar-refractivity contribution in [1.82, 2.24) is 15.0 Å². The number of aromatic amines is 1. The van der Waals surface area contributed by atoms with E-state index in [1.807, 2.05) is 48.7 Å². The molecule has 0 amide bonds. The molecule has 0 spiro atoms. The number of nitrogens with one attached hydrogen (secondary N) is 1. The summed E-state index contributed by atoms with van der Waals surface area (Å²) in [7, 11) is 0. The second-order valence-electron chi connectivity index (χ2n) is 7.64. The molecule has 1 N–H and O–H groups in total. The first-order valence-corrected chi connectivity index (χ1v) is 10.3. The molecule has 142 valence electrons. The van der Waals surface area contributed by atoms with Crippen molar-refractivity contribution < 1.29 is 4.74 Å². The predicted molar refractivity (Wildman–Crippen MR) is 113 cm³/mol. The van der Waals surface area contributed by atoms with Gasteiger partial charge < -0.3 is 9.72 Å². The minimum absolute atomic E-state index is 0.275. The summed E-state index contributed by atoms with van der Waals surface area (Å²) < 4.78 is 6.35. The lowest BCUT2D eigenvalue weighted by molar-refractivity contribution is 0.132. The lowest BCUT2D eigenvalue weighted by atomic mass is 9.85. The first kappa shape index (κ1) is 17.5.